The summed E-state index contributed by atoms with van der Waals surface area (Å²) >= 11 is 0. The monoisotopic (exact) mass is 241 g/mol. The van der Waals surface area contributed by atoms with Crippen molar-refractivity contribution in [1.82, 2.24) is 0 Å². The van der Waals surface area contributed by atoms with Crippen LogP contribution < -0.4 is 4.90 Å². The van der Waals surface area contributed by atoms with E-state index in [0.717, 1.165) is 30.8 Å². The summed E-state index contributed by atoms with van der Waals surface area (Å²) in [6.07, 6.45) is 0.315. The van der Waals surface area contributed by atoms with Crippen LogP contribution in [-0.4, -0.2) is 24.8 Å². The van der Waals surface area contributed by atoms with Gasteiger partial charge in [0.2, 0.25) is 0 Å². The van der Waals surface area contributed by atoms with Crippen LogP contribution in [0.4, 0.5) is 14.5 Å². The summed E-state index contributed by atoms with van der Waals surface area (Å²) in [5, 5.41) is 8.65. The van der Waals surface area contributed by atoms with Gasteiger partial charge >= 0.3 is 0 Å². The highest BCUT2D eigenvalue weighted by Gasteiger charge is 2.32. The number of nitrogens with zero attached hydrogens (tertiary/aromatic N) is 1. The molecule has 0 spiro atoms. The fraction of sp³-hybridized carbons (Fsp3) is 0.538. The fourth-order valence-electron chi connectivity index (χ4n) is 2.31. The van der Waals surface area contributed by atoms with E-state index in [9.17, 15) is 8.78 Å². The Balaban J connectivity index is 2.29. The Bertz CT molecular complexity index is 406. The van der Waals surface area contributed by atoms with E-state index in [4.69, 9.17) is 5.11 Å². The van der Waals surface area contributed by atoms with Crippen molar-refractivity contribution in [2.45, 2.75) is 25.7 Å². The number of benzene rings is 1. The summed E-state index contributed by atoms with van der Waals surface area (Å²) < 4.78 is 27.3. The minimum absolute atomic E-state index is 0.0169. The molecule has 2 rings (SSSR count). The normalized spacial score (nSPS) is 15.2. The molecule has 1 heterocycles. The van der Waals surface area contributed by atoms with Crippen LogP contribution >= 0.6 is 0 Å². The SMILES string of the molecule is CCN1CCc2cc(C(F)(F)CCO)ccc21. The first-order valence-corrected chi connectivity index (χ1v) is 5.95. The number of rotatable bonds is 4. The Hall–Kier alpha value is -1.16. The Kier molecular flexibility index (Phi) is 3.33. The average molecular weight is 241 g/mol. The molecule has 1 aliphatic heterocycles. The Labute approximate surface area is 99.9 Å². The lowest BCUT2D eigenvalue weighted by Crippen LogP contribution is -2.19. The number of likely N-dealkylation sites (N-methyl/N-ethyl adjacent to an activating group) is 1. The van der Waals surface area contributed by atoms with Gasteiger partial charge in [-0.25, -0.2) is 8.78 Å². The molecular formula is C13H17F2NO. The maximum Gasteiger partial charge on any atom is 0.275 e. The van der Waals surface area contributed by atoms with E-state index in [0.29, 0.717) is 0 Å². The molecule has 17 heavy (non-hydrogen) atoms. The van der Waals surface area contributed by atoms with Gasteiger partial charge in [-0.2, -0.15) is 0 Å². The van der Waals surface area contributed by atoms with Crippen LogP contribution in [0.2, 0.25) is 0 Å². The summed E-state index contributed by atoms with van der Waals surface area (Å²) in [4.78, 5) is 2.18. The number of aliphatic hydroxyl groups is 1. The number of anilines is 1. The zero-order chi connectivity index (χ0) is 12.5. The Morgan fingerprint density at radius 3 is 2.82 bits per heavy atom. The molecule has 1 N–H and O–H groups in total. The van der Waals surface area contributed by atoms with E-state index in [1.165, 1.54) is 6.07 Å². The molecule has 0 radical (unpaired) electrons. The van der Waals surface area contributed by atoms with E-state index >= 15 is 0 Å². The first kappa shape index (κ1) is 12.3. The van der Waals surface area contributed by atoms with Crippen molar-refractivity contribution in [2.75, 3.05) is 24.6 Å². The third-order valence-corrected chi connectivity index (χ3v) is 3.30. The average Bonchev–Trinajstić information content (AvgIpc) is 2.70. The van der Waals surface area contributed by atoms with Crippen LogP contribution in [-0.2, 0) is 12.3 Å². The molecule has 0 fully saturated rings. The maximum atomic E-state index is 13.6. The van der Waals surface area contributed by atoms with Crippen LogP contribution in [0.3, 0.4) is 0 Å². The molecule has 1 aliphatic rings. The quantitative estimate of drug-likeness (QED) is 0.875. The predicted molar refractivity (Wildman–Crippen MR) is 63.6 cm³/mol. The molecule has 0 saturated heterocycles. The molecule has 0 aliphatic carbocycles. The van der Waals surface area contributed by atoms with Gasteiger partial charge < -0.3 is 10.0 Å². The topological polar surface area (TPSA) is 23.5 Å². The molecule has 1 aromatic carbocycles. The van der Waals surface area contributed by atoms with E-state index in [1.807, 2.05) is 0 Å². The molecule has 2 nitrogen and oxygen atoms in total. The third kappa shape index (κ3) is 2.27. The zero-order valence-electron chi connectivity index (χ0n) is 9.92. The van der Waals surface area contributed by atoms with Gasteiger partial charge in [0.25, 0.3) is 5.92 Å². The molecule has 94 valence electrons. The van der Waals surface area contributed by atoms with Crippen molar-refractivity contribution in [3.05, 3.63) is 29.3 Å². The van der Waals surface area contributed by atoms with Gasteiger partial charge in [-0.05, 0) is 31.0 Å². The van der Waals surface area contributed by atoms with E-state index < -0.39 is 19.0 Å². The Morgan fingerprint density at radius 1 is 1.41 bits per heavy atom. The van der Waals surface area contributed by atoms with Gasteiger partial charge in [0.1, 0.15) is 0 Å². The lowest BCUT2D eigenvalue weighted by Gasteiger charge is -2.19. The van der Waals surface area contributed by atoms with Crippen LogP contribution in [0.15, 0.2) is 18.2 Å². The smallest absolute Gasteiger partial charge is 0.275 e. The number of fused-ring (bicyclic) bond motifs is 1. The summed E-state index contributed by atoms with van der Waals surface area (Å²) in [6.45, 7) is 3.37. The van der Waals surface area contributed by atoms with Gasteiger partial charge in [-0.1, -0.05) is 6.07 Å². The largest absolute Gasteiger partial charge is 0.396 e. The zero-order valence-corrected chi connectivity index (χ0v) is 9.92. The van der Waals surface area contributed by atoms with Crippen molar-refractivity contribution >= 4 is 5.69 Å². The van der Waals surface area contributed by atoms with Crippen molar-refractivity contribution in [1.29, 1.82) is 0 Å². The molecule has 0 bridgehead atoms. The standard InChI is InChI=1S/C13H17F2NO/c1-2-16-7-5-10-9-11(3-4-12(10)16)13(14,15)6-8-17/h3-4,9,17H,2,5-8H2,1H3. The summed E-state index contributed by atoms with van der Waals surface area (Å²) in [7, 11) is 0. The second-order valence-corrected chi connectivity index (χ2v) is 4.35. The molecule has 0 saturated carbocycles. The summed E-state index contributed by atoms with van der Waals surface area (Å²) in [5.41, 5.74) is 2.07. The summed E-state index contributed by atoms with van der Waals surface area (Å²) in [5.74, 6) is -2.93. The van der Waals surface area contributed by atoms with Gasteiger partial charge in [0, 0.05) is 37.4 Å². The first-order chi connectivity index (χ1) is 8.08. The molecule has 0 amide bonds. The van der Waals surface area contributed by atoms with Crippen LogP contribution in [0.5, 0.6) is 0 Å². The van der Waals surface area contributed by atoms with Crippen molar-refractivity contribution < 1.29 is 13.9 Å². The number of hydrogen-bond donors (Lipinski definition) is 1. The second-order valence-electron chi connectivity index (χ2n) is 4.35. The minimum Gasteiger partial charge on any atom is -0.396 e. The predicted octanol–water partition coefficient (Wildman–Crippen LogP) is 2.54. The van der Waals surface area contributed by atoms with Crippen molar-refractivity contribution in [3.8, 4) is 0 Å². The van der Waals surface area contributed by atoms with Crippen molar-refractivity contribution in [2.24, 2.45) is 0 Å². The second kappa shape index (κ2) is 4.61. The van der Waals surface area contributed by atoms with Crippen LogP contribution in [0, 0.1) is 0 Å². The lowest BCUT2D eigenvalue weighted by atomic mass is 10.0. The van der Waals surface area contributed by atoms with E-state index in [-0.39, 0.29) is 5.56 Å². The number of alkyl halides is 2. The van der Waals surface area contributed by atoms with Gasteiger partial charge in [-0.15, -0.1) is 0 Å². The third-order valence-electron chi connectivity index (χ3n) is 3.30. The fourth-order valence-corrected chi connectivity index (χ4v) is 2.31. The number of hydrogen-bond acceptors (Lipinski definition) is 2. The number of aliphatic hydroxyl groups excluding tert-OH is 1. The highest BCUT2D eigenvalue weighted by atomic mass is 19.3. The number of halogens is 2. The van der Waals surface area contributed by atoms with Gasteiger partial charge in [0.15, 0.2) is 0 Å². The first-order valence-electron chi connectivity index (χ1n) is 5.95. The molecule has 1 aromatic rings. The van der Waals surface area contributed by atoms with Gasteiger partial charge in [-0.3, -0.25) is 0 Å². The van der Waals surface area contributed by atoms with Crippen molar-refractivity contribution in [3.63, 3.8) is 0 Å². The molecule has 4 heteroatoms. The molecule has 0 unspecified atom stereocenters. The van der Waals surface area contributed by atoms with E-state index in [2.05, 4.69) is 11.8 Å². The van der Waals surface area contributed by atoms with Crippen LogP contribution in [0.1, 0.15) is 24.5 Å². The van der Waals surface area contributed by atoms with E-state index in [1.54, 1.807) is 12.1 Å². The highest BCUT2D eigenvalue weighted by Crippen LogP contribution is 2.36. The minimum atomic E-state index is -2.93. The molecule has 0 aromatic heterocycles. The summed E-state index contributed by atoms with van der Waals surface area (Å²) in [6, 6.07) is 4.83. The van der Waals surface area contributed by atoms with Gasteiger partial charge in [0.05, 0.1) is 0 Å². The highest BCUT2D eigenvalue weighted by molar-refractivity contribution is 5.59. The molecular weight excluding hydrogens is 224 g/mol. The Morgan fingerprint density at radius 2 is 2.18 bits per heavy atom. The van der Waals surface area contributed by atoms with Crippen LogP contribution in [0.25, 0.3) is 0 Å². The molecule has 0 atom stereocenters. The maximum absolute atomic E-state index is 13.6. The lowest BCUT2D eigenvalue weighted by molar-refractivity contribution is -0.0269.